The van der Waals surface area contributed by atoms with Gasteiger partial charge in [-0.2, -0.15) is 5.10 Å². The number of aromatic nitrogens is 4. The molecule has 5 nitrogen and oxygen atoms in total. The molecule has 2 aromatic heterocycles. The van der Waals surface area contributed by atoms with Gasteiger partial charge in [0.15, 0.2) is 5.65 Å². The van der Waals surface area contributed by atoms with Crippen LogP contribution in [0.3, 0.4) is 0 Å². The number of fused-ring (bicyclic) bond motifs is 1. The SMILES string of the molecule is C[C@@H]1C[C@@H](C)CN(c2ncnc3c2cnn3-c2ccc(F)cc2)C1. The molecule has 2 atom stereocenters. The van der Waals surface area contributed by atoms with E-state index in [0.717, 1.165) is 35.6 Å². The van der Waals surface area contributed by atoms with Gasteiger partial charge in [0.25, 0.3) is 0 Å². The quantitative estimate of drug-likeness (QED) is 0.724. The third-order valence-corrected chi connectivity index (χ3v) is 4.58. The summed E-state index contributed by atoms with van der Waals surface area (Å²) in [5.74, 6) is 1.96. The zero-order valence-corrected chi connectivity index (χ0v) is 13.9. The van der Waals surface area contributed by atoms with Crippen molar-refractivity contribution in [1.82, 2.24) is 19.7 Å². The second-order valence-corrected chi connectivity index (χ2v) is 6.82. The lowest BCUT2D eigenvalue weighted by Crippen LogP contribution is -2.39. The van der Waals surface area contributed by atoms with E-state index in [1.165, 1.54) is 18.6 Å². The van der Waals surface area contributed by atoms with Gasteiger partial charge in [0, 0.05) is 13.1 Å². The van der Waals surface area contributed by atoms with E-state index in [1.807, 2.05) is 0 Å². The first-order valence-electron chi connectivity index (χ1n) is 8.31. The van der Waals surface area contributed by atoms with Crippen LogP contribution in [0.5, 0.6) is 0 Å². The van der Waals surface area contributed by atoms with Gasteiger partial charge >= 0.3 is 0 Å². The molecule has 124 valence electrons. The average Bonchev–Trinajstić information content (AvgIpc) is 2.98. The molecular formula is C18H20FN5. The zero-order valence-electron chi connectivity index (χ0n) is 13.9. The number of anilines is 1. The smallest absolute Gasteiger partial charge is 0.168 e. The second-order valence-electron chi connectivity index (χ2n) is 6.82. The van der Waals surface area contributed by atoms with Gasteiger partial charge in [-0.05, 0) is 42.5 Å². The van der Waals surface area contributed by atoms with Crippen molar-refractivity contribution in [2.75, 3.05) is 18.0 Å². The molecule has 24 heavy (non-hydrogen) atoms. The molecule has 6 heteroatoms. The Morgan fingerprint density at radius 1 is 1.04 bits per heavy atom. The van der Waals surface area contributed by atoms with Crippen molar-refractivity contribution in [2.45, 2.75) is 20.3 Å². The molecule has 0 amide bonds. The van der Waals surface area contributed by atoms with Crippen molar-refractivity contribution in [3.8, 4) is 5.69 Å². The molecular weight excluding hydrogens is 305 g/mol. The van der Waals surface area contributed by atoms with E-state index >= 15 is 0 Å². The van der Waals surface area contributed by atoms with Crippen molar-refractivity contribution >= 4 is 16.9 Å². The van der Waals surface area contributed by atoms with Gasteiger partial charge in [0.05, 0.1) is 17.3 Å². The van der Waals surface area contributed by atoms with E-state index < -0.39 is 0 Å². The van der Waals surface area contributed by atoms with Crippen molar-refractivity contribution < 1.29 is 4.39 Å². The molecule has 1 fully saturated rings. The highest BCUT2D eigenvalue weighted by Gasteiger charge is 2.25. The van der Waals surface area contributed by atoms with Crippen molar-refractivity contribution in [3.05, 3.63) is 42.6 Å². The van der Waals surface area contributed by atoms with Crippen molar-refractivity contribution in [2.24, 2.45) is 11.8 Å². The zero-order chi connectivity index (χ0) is 16.7. The molecule has 4 rings (SSSR count). The van der Waals surface area contributed by atoms with E-state index in [-0.39, 0.29) is 5.82 Å². The minimum Gasteiger partial charge on any atom is -0.355 e. The lowest BCUT2D eigenvalue weighted by molar-refractivity contribution is 0.356. The highest BCUT2D eigenvalue weighted by molar-refractivity contribution is 5.87. The summed E-state index contributed by atoms with van der Waals surface area (Å²) in [5, 5.41) is 5.39. The Morgan fingerprint density at radius 2 is 1.75 bits per heavy atom. The van der Waals surface area contributed by atoms with Crippen LogP contribution in [-0.4, -0.2) is 32.8 Å². The first-order chi connectivity index (χ1) is 11.6. The molecule has 3 aromatic rings. The van der Waals surface area contributed by atoms with Gasteiger partial charge in [-0.15, -0.1) is 0 Å². The number of hydrogen-bond donors (Lipinski definition) is 0. The first-order valence-corrected chi connectivity index (χ1v) is 8.31. The molecule has 1 aliphatic heterocycles. The van der Waals surface area contributed by atoms with E-state index in [2.05, 4.69) is 33.8 Å². The molecule has 1 aromatic carbocycles. The number of benzene rings is 1. The lowest BCUT2D eigenvalue weighted by Gasteiger charge is -2.35. The van der Waals surface area contributed by atoms with Crippen LogP contribution in [0.1, 0.15) is 20.3 Å². The predicted molar refractivity (Wildman–Crippen MR) is 91.8 cm³/mol. The number of rotatable bonds is 2. The van der Waals surface area contributed by atoms with Gasteiger partial charge < -0.3 is 4.90 Å². The minimum absolute atomic E-state index is 0.262. The maximum absolute atomic E-state index is 13.2. The van der Waals surface area contributed by atoms with Gasteiger partial charge in [0.2, 0.25) is 0 Å². The molecule has 0 aliphatic carbocycles. The van der Waals surface area contributed by atoms with Crippen LogP contribution in [0, 0.1) is 17.7 Å². The summed E-state index contributed by atoms with van der Waals surface area (Å²) in [4.78, 5) is 11.3. The topological polar surface area (TPSA) is 46.8 Å². The third kappa shape index (κ3) is 2.62. The lowest BCUT2D eigenvalue weighted by atomic mass is 9.92. The summed E-state index contributed by atoms with van der Waals surface area (Å²) in [6, 6.07) is 6.26. The number of nitrogens with zero attached hydrogens (tertiary/aromatic N) is 5. The fraction of sp³-hybridized carbons (Fsp3) is 0.389. The number of piperidine rings is 1. The molecule has 0 unspecified atom stereocenters. The Labute approximate surface area is 140 Å². The van der Waals surface area contributed by atoms with Crippen molar-refractivity contribution in [1.29, 1.82) is 0 Å². The van der Waals surface area contributed by atoms with Crippen LogP contribution in [0.4, 0.5) is 10.2 Å². The van der Waals surface area contributed by atoms with Crippen LogP contribution in [0.2, 0.25) is 0 Å². The van der Waals surface area contributed by atoms with E-state index in [4.69, 9.17) is 0 Å². The Bertz CT molecular complexity index is 847. The fourth-order valence-corrected chi connectivity index (χ4v) is 3.69. The highest BCUT2D eigenvalue weighted by atomic mass is 19.1. The number of hydrogen-bond acceptors (Lipinski definition) is 4. The van der Waals surface area contributed by atoms with Gasteiger partial charge in [0.1, 0.15) is 18.0 Å². The molecule has 0 N–H and O–H groups in total. The first kappa shape index (κ1) is 15.1. The van der Waals surface area contributed by atoms with Gasteiger partial charge in [-0.3, -0.25) is 0 Å². The van der Waals surface area contributed by atoms with Gasteiger partial charge in [-0.1, -0.05) is 13.8 Å². The summed E-state index contributed by atoms with van der Waals surface area (Å²) < 4.78 is 14.9. The molecule has 1 saturated heterocycles. The Kier molecular flexibility index (Phi) is 3.67. The van der Waals surface area contributed by atoms with E-state index in [0.29, 0.717) is 11.8 Å². The summed E-state index contributed by atoms with van der Waals surface area (Å²) in [6.45, 7) is 6.56. The molecule has 0 bridgehead atoms. The third-order valence-electron chi connectivity index (χ3n) is 4.58. The largest absolute Gasteiger partial charge is 0.355 e. The Morgan fingerprint density at radius 3 is 2.46 bits per heavy atom. The van der Waals surface area contributed by atoms with Crippen LogP contribution < -0.4 is 4.90 Å². The Hall–Kier alpha value is -2.50. The predicted octanol–water partition coefficient (Wildman–Crippen LogP) is 3.44. The molecule has 3 heterocycles. The second kappa shape index (κ2) is 5.85. The summed E-state index contributed by atoms with van der Waals surface area (Å²) in [7, 11) is 0. The van der Waals surface area contributed by atoms with Crippen LogP contribution in [0.15, 0.2) is 36.8 Å². The summed E-state index contributed by atoms with van der Waals surface area (Å²) >= 11 is 0. The van der Waals surface area contributed by atoms with Gasteiger partial charge in [-0.25, -0.2) is 19.0 Å². The number of halogens is 1. The minimum atomic E-state index is -0.262. The van der Waals surface area contributed by atoms with Crippen LogP contribution >= 0.6 is 0 Å². The Balaban J connectivity index is 1.78. The molecule has 0 spiro atoms. The maximum Gasteiger partial charge on any atom is 0.168 e. The standard InChI is InChI=1S/C18H20FN5/c1-12-7-13(2)10-23(9-12)17-16-8-22-24(18(16)21-11-20-17)15-5-3-14(19)4-6-15/h3-6,8,11-13H,7,9-10H2,1-2H3/t12-,13-/m1/s1. The van der Waals surface area contributed by atoms with Crippen LogP contribution in [-0.2, 0) is 0 Å². The van der Waals surface area contributed by atoms with E-state index in [1.54, 1.807) is 29.3 Å². The van der Waals surface area contributed by atoms with Crippen LogP contribution in [0.25, 0.3) is 16.7 Å². The maximum atomic E-state index is 13.2. The molecule has 1 aliphatic rings. The molecule has 0 radical (unpaired) electrons. The average molecular weight is 325 g/mol. The highest BCUT2D eigenvalue weighted by Crippen LogP contribution is 2.30. The summed E-state index contributed by atoms with van der Waals surface area (Å²) in [5.41, 5.74) is 1.54. The normalized spacial score (nSPS) is 21.4. The monoisotopic (exact) mass is 325 g/mol. The van der Waals surface area contributed by atoms with Crippen molar-refractivity contribution in [3.63, 3.8) is 0 Å². The summed E-state index contributed by atoms with van der Waals surface area (Å²) in [6.07, 6.45) is 4.64. The van der Waals surface area contributed by atoms with E-state index in [9.17, 15) is 4.39 Å². The fourth-order valence-electron chi connectivity index (χ4n) is 3.69. The molecule has 0 saturated carbocycles.